The van der Waals surface area contributed by atoms with E-state index in [1.54, 1.807) is 54.2 Å². The summed E-state index contributed by atoms with van der Waals surface area (Å²) in [6.07, 6.45) is 7.34. The molecule has 0 N–H and O–H groups in total. The molecule has 26 heavy (non-hydrogen) atoms. The van der Waals surface area contributed by atoms with E-state index in [2.05, 4.69) is 21.4 Å². The largest absolute Gasteiger partial charge is 0.338 e. The first-order valence-corrected chi connectivity index (χ1v) is 10.3. The van der Waals surface area contributed by atoms with Gasteiger partial charge >= 0.3 is 0 Å². The molecule has 6 heteroatoms. The van der Waals surface area contributed by atoms with Gasteiger partial charge in [0.15, 0.2) is 0 Å². The number of sulfonamides is 1. The van der Waals surface area contributed by atoms with Crippen molar-refractivity contribution in [3.63, 3.8) is 0 Å². The summed E-state index contributed by atoms with van der Waals surface area (Å²) in [4.78, 5) is 3.41. The highest BCUT2D eigenvalue weighted by atomic mass is 32.2. The lowest BCUT2D eigenvalue weighted by molar-refractivity contribution is 0.598. The Morgan fingerprint density at radius 3 is 2.38 bits per heavy atom. The fourth-order valence-electron chi connectivity index (χ4n) is 2.85. The summed E-state index contributed by atoms with van der Waals surface area (Å²) in [5.41, 5.74) is 2.35. The van der Waals surface area contributed by atoms with Gasteiger partial charge in [-0.3, -0.25) is 0 Å². The fourth-order valence-corrected chi connectivity index (χ4v) is 5.05. The van der Waals surface area contributed by atoms with Gasteiger partial charge in [-0.15, -0.1) is 0 Å². The summed E-state index contributed by atoms with van der Waals surface area (Å²) in [5, 5.41) is 0.966. The van der Waals surface area contributed by atoms with Crippen LogP contribution in [0.15, 0.2) is 104 Å². The predicted molar refractivity (Wildman–Crippen MR) is 107 cm³/mol. The third-order valence-corrected chi connectivity index (χ3v) is 6.69. The molecule has 0 saturated carbocycles. The van der Waals surface area contributed by atoms with Crippen molar-refractivity contribution in [2.75, 3.05) is 11.9 Å². The van der Waals surface area contributed by atoms with Gasteiger partial charge in [-0.2, -0.15) is 12.8 Å². The van der Waals surface area contributed by atoms with Crippen LogP contribution in [-0.2, 0) is 10.0 Å². The lowest BCUT2D eigenvalue weighted by Gasteiger charge is -2.18. The number of para-hydroxylation sites is 1. The van der Waals surface area contributed by atoms with Gasteiger partial charge in [-0.1, -0.05) is 60.3 Å². The van der Waals surface area contributed by atoms with E-state index in [1.807, 2.05) is 31.3 Å². The van der Waals surface area contributed by atoms with Gasteiger partial charge in [0.1, 0.15) is 0 Å². The first-order valence-electron chi connectivity index (χ1n) is 8.06. The number of anilines is 1. The number of nitrogens with zero attached hydrogens (tertiary/aromatic N) is 2. The fraction of sp³-hybridized carbons (Fsp3) is 0.0500. The molecular weight excluding hydrogens is 364 g/mol. The number of hydrogen-bond acceptors (Lipinski definition) is 4. The van der Waals surface area contributed by atoms with Crippen molar-refractivity contribution in [2.45, 2.75) is 9.79 Å². The highest BCUT2D eigenvalue weighted by Crippen LogP contribution is 2.46. The zero-order valence-corrected chi connectivity index (χ0v) is 15.7. The van der Waals surface area contributed by atoms with Crippen molar-refractivity contribution in [2.24, 2.45) is 4.40 Å². The topological polar surface area (TPSA) is 49.7 Å². The van der Waals surface area contributed by atoms with E-state index < -0.39 is 10.0 Å². The molecule has 130 valence electrons. The van der Waals surface area contributed by atoms with Crippen molar-refractivity contribution in [3.8, 4) is 0 Å². The Kier molecular flexibility index (Phi) is 4.30. The van der Waals surface area contributed by atoms with Crippen LogP contribution in [-0.4, -0.2) is 21.2 Å². The monoisotopic (exact) mass is 380 g/mol. The first kappa shape index (κ1) is 16.9. The van der Waals surface area contributed by atoms with E-state index >= 15 is 0 Å². The van der Waals surface area contributed by atoms with Crippen LogP contribution >= 0.6 is 11.8 Å². The molecule has 1 heterocycles. The Hall–Kier alpha value is -2.57. The zero-order valence-electron chi connectivity index (χ0n) is 14.0. The number of allylic oxidation sites excluding steroid dienone is 5. The molecule has 0 saturated heterocycles. The van der Waals surface area contributed by atoms with E-state index in [4.69, 9.17) is 0 Å². The van der Waals surface area contributed by atoms with Gasteiger partial charge in [0.2, 0.25) is 0 Å². The minimum Gasteiger partial charge on any atom is -0.338 e. The van der Waals surface area contributed by atoms with Crippen molar-refractivity contribution in [1.29, 1.82) is 0 Å². The van der Waals surface area contributed by atoms with Crippen LogP contribution < -0.4 is 4.90 Å². The zero-order chi connectivity index (χ0) is 18.1. The third kappa shape index (κ3) is 3.02. The summed E-state index contributed by atoms with van der Waals surface area (Å²) in [6.45, 7) is 0. The lowest BCUT2D eigenvalue weighted by atomic mass is 10.1. The van der Waals surface area contributed by atoms with Crippen LogP contribution in [0.2, 0.25) is 0 Å². The summed E-state index contributed by atoms with van der Waals surface area (Å²) >= 11 is 1.62. The maximum atomic E-state index is 12.7. The molecule has 0 unspecified atom stereocenters. The molecule has 2 aliphatic rings. The SMILES string of the molecule is CN1/C(=C2/C=CC=C/C2=N\S(=O)(=O)c2ccccc2)Sc2ccccc21. The summed E-state index contributed by atoms with van der Waals surface area (Å²) in [7, 11) is -1.78. The van der Waals surface area contributed by atoms with Crippen LogP contribution in [0.1, 0.15) is 0 Å². The van der Waals surface area contributed by atoms with E-state index in [0.29, 0.717) is 5.71 Å². The van der Waals surface area contributed by atoms with Gasteiger partial charge in [-0.25, -0.2) is 0 Å². The molecule has 2 aromatic rings. The lowest BCUT2D eigenvalue weighted by Crippen LogP contribution is -2.16. The van der Waals surface area contributed by atoms with E-state index in [0.717, 1.165) is 21.2 Å². The van der Waals surface area contributed by atoms with Crippen LogP contribution in [0.25, 0.3) is 0 Å². The minimum atomic E-state index is -3.77. The standard InChI is InChI=1S/C20H16N2O2S2/c1-22-18-13-7-8-14-19(18)25-20(22)16-11-5-6-12-17(16)21-26(23,24)15-9-3-2-4-10-15/h2-14H,1H3/b20-16+,21-17+. The van der Waals surface area contributed by atoms with E-state index in [1.165, 1.54) is 0 Å². The van der Waals surface area contributed by atoms with Gasteiger partial charge in [-0.05, 0) is 30.3 Å². The second kappa shape index (κ2) is 6.63. The number of rotatable bonds is 2. The molecule has 0 aromatic heterocycles. The minimum absolute atomic E-state index is 0.190. The number of benzene rings is 2. The first-order chi connectivity index (χ1) is 12.6. The number of hydrogen-bond donors (Lipinski definition) is 0. The maximum Gasteiger partial charge on any atom is 0.282 e. The molecule has 1 aliphatic carbocycles. The molecule has 0 radical (unpaired) electrons. The molecule has 1 aliphatic heterocycles. The normalized spacial score (nSPS) is 20.7. The highest BCUT2D eigenvalue weighted by molar-refractivity contribution is 8.03. The summed E-state index contributed by atoms with van der Waals surface area (Å²) in [6, 6.07) is 16.4. The van der Waals surface area contributed by atoms with Crippen molar-refractivity contribution >= 4 is 33.2 Å². The van der Waals surface area contributed by atoms with Crippen LogP contribution in [0.4, 0.5) is 5.69 Å². The molecular formula is C20H16N2O2S2. The van der Waals surface area contributed by atoms with Crippen molar-refractivity contribution in [1.82, 2.24) is 0 Å². The molecule has 0 amide bonds. The van der Waals surface area contributed by atoms with Crippen LogP contribution in [0.5, 0.6) is 0 Å². The van der Waals surface area contributed by atoms with E-state index in [-0.39, 0.29) is 4.90 Å². The molecule has 0 fully saturated rings. The molecule has 0 spiro atoms. The maximum absolute atomic E-state index is 12.7. The Morgan fingerprint density at radius 2 is 1.62 bits per heavy atom. The Bertz CT molecular complexity index is 1080. The van der Waals surface area contributed by atoms with Gasteiger partial charge in [0, 0.05) is 17.5 Å². The van der Waals surface area contributed by atoms with Crippen molar-refractivity contribution < 1.29 is 8.42 Å². The van der Waals surface area contributed by atoms with Gasteiger partial charge in [0.25, 0.3) is 10.0 Å². The average molecular weight is 380 g/mol. The summed E-state index contributed by atoms with van der Waals surface area (Å²) < 4.78 is 29.5. The Balaban J connectivity index is 1.80. The van der Waals surface area contributed by atoms with Crippen LogP contribution in [0.3, 0.4) is 0 Å². The van der Waals surface area contributed by atoms with Crippen LogP contribution in [0, 0.1) is 0 Å². The molecule has 2 aromatic carbocycles. The van der Waals surface area contributed by atoms with Gasteiger partial charge in [0.05, 0.1) is 21.3 Å². The number of thioether (sulfide) groups is 1. The molecule has 4 rings (SSSR count). The quantitative estimate of drug-likeness (QED) is 0.775. The number of fused-ring (bicyclic) bond motifs is 1. The second-order valence-electron chi connectivity index (χ2n) is 5.83. The Labute approximate surface area is 157 Å². The van der Waals surface area contributed by atoms with E-state index in [9.17, 15) is 8.42 Å². The third-order valence-electron chi connectivity index (χ3n) is 4.13. The smallest absolute Gasteiger partial charge is 0.282 e. The second-order valence-corrected chi connectivity index (χ2v) is 8.47. The van der Waals surface area contributed by atoms with Gasteiger partial charge < -0.3 is 4.90 Å². The average Bonchev–Trinajstić information content (AvgIpc) is 3.00. The molecule has 0 bridgehead atoms. The Morgan fingerprint density at radius 1 is 0.923 bits per heavy atom. The molecule has 0 atom stereocenters. The summed E-state index contributed by atoms with van der Waals surface area (Å²) in [5.74, 6) is 0. The molecule has 4 nitrogen and oxygen atoms in total. The van der Waals surface area contributed by atoms with Crippen molar-refractivity contribution in [3.05, 3.63) is 89.5 Å². The predicted octanol–water partition coefficient (Wildman–Crippen LogP) is 4.40. The highest BCUT2D eigenvalue weighted by Gasteiger charge is 2.26.